The van der Waals surface area contributed by atoms with E-state index in [-0.39, 0.29) is 5.97 Å². The van der Waals surface area contributed by atoms with Gasteiger partial charge in [-0.15, -0.1) is 0 Å². The van der Waals surface area contributed by atoms with Gasteiger partial charge in [-0.3, -0.25) is 4.79 Å². The summed E-state index contributed by atoms with van der Waals surface area (Å²) in [6.45, 7) is 1.47. The molecule has 4 heteroatoms. The van der Waals surface area contributed by atoms with Crippen molar-refractivity contribution in [2.24, 2.45) is 0 Å². The van der Waals surface area contributed by atoms with Crippen LogP contribution in [0.25, 0.3) is 0 Å². The molecule has 0 aliphatic carbocycles. The van der Waals surface area contributed by atoms with E-state index in [4.69, 9.17) is 9.47 Å². The molecule has 1 atom stereocenters. The average molecular weight is 235 g/mol. The van der Waals surface area contributed by atoms with Gasteiger partial charge in [-0.2, -0.15) is 0 Å². The van der Waals surface area contributed by atoms with Crippen molar-refractivity contribution in [1.82, 2.24) is 5.32 Å². The molecule has 1 aromatic rings. The molecule has 0 spiro atoms. The van der Waals surface area contributed by atoms with Gasteiger partial charge in [0.15, 0.2) is 0 Å². The van der Waals surface area contributed by atoms with E-state index in [9.17, 15) is 4.79 Å². The topological polar surface area (TPSA) is 47.6 Å². The first kappa shape index (κ1) is 11.9. The molecule has 1 saturated heterocycles. The Kier molecular flexibility index (Phi) is 3.33. The standard InChI is InChI=1S/C13H17NO3/c1-16-11-5-3-10(4-6-11)13(12(15)17-2)7-8-14-9-13/h3-6,14H,7-9H2,1-2H3. The van der Waals surface area contributed by atoms with E-state index in [0.717, 1.165) is 24.3 Å². The molecule has 1 aliphatic rings. The summed E-state index contributed by atoms with van der Waals surface area (Å²) >= 11 is 0. The molecule has 0 amide bonds. The fraction of sp³-hybridized carbons (Fsp3) is 0.462. The number of carbonyl (C=O) groups excluding carboxylic acids is 1. The molecule has 2 rings (SSSR count). The third-order valence-electron chi connectivity index (χ3n) is 3.37. The lowest BCUT2D eigenvalue weighted by molar-refractivity contribution is -0.146. The highest BCUT2D eigenvalue weighted by Crippen LogP contribution is 2.33. The number of nitrogens with one attached hydrogen (secondary N) is 1. The average Bonchev–Trinajstić information content (AvgIpc) is 2.88. The number of rotatable bonds is 3. The molecule has 92 valence electrons. The van der Waals surface area contributed by atoms with Crippen LogP contribution in [-0.2, 0) is 14.9 Å². The molecule has 4 nitrogen and oxygen atoms in total. The Bertz CT molecular complexity index is 394. The monoisotopic (exact) mass is 235 g/mol. The third kappa shape index (κ3) is 2.00. The highest BCUT2D eigenvalue weighted by atomic mass is 16.5. The van der Waals surface area contributed by atoms with E-state index in [1.54, 1.807) is 7.11 Å². The maximum absolute atomic E-state index is 12.0. The quantitative estimate of drug-likeness (QED) is 0.797. The number of esters is 1. The molecule has 1 aliphatic heterocycles. The number of benzene rings is 1. The lowest BCUT2D eigenvalue weighted by atomic mass is 9.80. The second-order valence-corrected chi connectivity index (χ2v) is 4.23. The Labute approximate surface area is 101 Å². The second kappa shape index (κ2) is 4.75. The molecule has 0 aromatic heterocycles. The van der Waals surface area contributed by atoms with Gasteiger partial charge in [-0.25, -0.2) is 0 Å². The lowest BCUT2D eigenvalue weighted by Gasteiger charge is -2.25. The fourth-order valence-electron chi connectivity index (χ4n) is 2.34. The Balaban J connectivity index is 2.35. The van der Waals surface area contributed by atoms with Crippen LogP contribution < -0.4 is 10.1 Å². The van der Waals surface area contributed by atoms with Crippen molar-refractivity contribution in [1.29, 1.82) is 0 Å². The molecule has 1 aromatic carbocycles. The van der Waals surface area contributed by atoms with Crippen molar-refractivity contribution in [2.45, 2.75) is 11.8 Å². The molecule has 1 N–H and O–H groups in total. The Morgan fingerprint density at radius 2 is 2.00 bits per heavy atom. The van der Waals surface area contributed by atoms with E-state index in [2.05, 4.69) is 5.32 Å². The van der Waals surface area contributed by atoms with Crippen molar-refractivity contribution in [3.8, 4) is 5.75 Å². The summed E-state index contributed by atoms with van der Waals surface area (Å²) in [6, 6.07) is 7.61. The third-order valence-corrected chi connectivity index (χ3v) is 3.37. The van der Waals surface area contributed by atoms with Gasteiger partial charge < -0.3 is 14.8 Å². The van der Waals surface area contributed by atoms with Gasteiger partial charge in [0, 0.05) is 6.54 Å². The molecule has 1 heterocycles. The minimum absolute atomic E-state index is 0.173. The van der Waals surface area contributed by atoms with Gasteiger partial charge >= 0.3 is 5.97 Å². The maximum Gasteiger partial charge on any atom is 0.317 e. The van der Waals surface area contributed by atoms with Gasteiger partial charge in [0.2, 0.25) is 0 Å². The molecule has 1 fully saturated rings. The van der Waals surface area contributed by atoms with Crippen LogP contribution in [0.4, 0.5) is 0 Å². The summed E-state index contributed by atoms with van der Waals surface area (Å²) < 4.78 is 10.1. The number of methoxy groups -OCH3 is 2. The SMILES string of the molecule is COC(=O)C1(c2ccc(OC)cc2)CCNC1. The normalized spacial score (nSPS) is 23.4. The molecule has 0 saturated carbocycles. The van der Waals surface area contributed by atoms with Gasteiger partial charge in [-0.1, -0.05) is 12.1 Å². The summed E-state index contributed by atoms with van der Waals surface area (Å²) in [5.74, 6) is 0.618. The summed E-state index contributed by atoms with van der Waals surface area (Å²) in [5.41, 5.74) is 0.441. The largest absolute Gasteiger partial charge is 0.497 e. The fourth-order valence-corrected chi connectivity index (χ4v) is 2.34. The van der Waals surface area contributed by atoms with Crippen LogP contribution in [0.2, 0.25) is 0 Å². The van der Waals surface area contributed by atoms with Gasteiger partial charge in [0.1, 0.15) is 11.2 Å². The van der Waals surface area contributed by atoms with E-state index in [0.29, 0.717) is 6.54 Å². The maximum atomic E-state index is 12.0. The summed E-state index contributed by atoms with van der Waals surface area (Å²) in [7, 11) is 3.06. The van der Waals surface area contributed by atoms with Crippen molar-refractivity contribution in [2.75, 3.05) is 27.3 Å². The van der Waals surface area contributed by atoms with Crippen molar-refractivity contribution in [3.63, 3.8) is 0 Å². The van der Waals surface area contributed by atoms with E-state index in [1.165, 1.54) is 7.11 Å². The lowest BCUT2D eigenvalue weighted by Crippen LogP contribution is -2.39. The van der Waals surface area contributed by atoms with Crippen molar-refractivity contribution >= 4 is 5.97 Å². The minimum atomic E-state index is -0.541. The Morgan fingerprint density at radius 1 is 1.29 bits per heavy atom. The van der Waals surface area contributed by atoms with Crippen molar-refractivity contribution in [3.05, 3.63) is 29.8 Å². The predicted octanol–water partition coefficient (Wildman–Crippen LogP) is 1.10. The van der Waals surface area contributed by atoms with Gasteiger partial charge in [0.25, 0.3) is 0 Å². The number of hydrogen-bond donors (Lipinski definition) is 1. The number of hydrogen-bond acceptors (Lipinski definition) is 4. The van der Waals surface area contributed by atoms with Crippen LogP contribution in [-0.4, -0.2) is 33.3 Å². The molecular weight excluding hydrogens is 218 g/mol. The second-order valence-electron chi connectivity index (χ2n) is 4.23. The summed E-state index contributed by atoms with van der Waals surface area (Å²) in [5, 5.41) is 3.22. The molecule has 0 radical (unpaired) electrons. The highest BCUT2D eigenvalue weighted by molar-refractivity contribution is 5.84. The molecule has 17 heavy (non-hydrogen) atoms. The van der Waals surface area contributed by atoms with E-state index in [1.807, 2.05) is 24.3 Å². The van der Waals surface area contributed by atoms with Crippen LogP contribution >= 0.6 is 0 Å². The molecule has 1 unspecified atom stereocenters. The zero-order valence-electron chi connectivity index (χ0n) is 10.2. The van der Waals surface area contributed by atoms with Crippen LogP contribution in [0, 0.1) is 0 Å². The van der Waals surface area contributed by atoms with Crippen LogP contribution in [0.3, 0.4) is 0 Å². The van der Waals surface area contributed by atoms with Crippen LogP contribution in [0.1, 0.15) is 12.0 Å². The Morgan fingerprint density at radius 3 is 2.47 bits per heavy atom. The zero-order valence-corrected chi connectivity index (χ0v) is 10.2. The number of ether oxygens (including phenoxy) is 2. The Hall–Kier alpha value is -1.55. The summed E-state index contributed by atoms with van der Waals surface area (Å²) in [4.78, 5) is 12.0. The van der Waals surface area contributed by atoms with E-state index >= 15 is 0 Å². The van der Waals surface area contributed by atoms with Crippen molar-refractivity contribution < 1.29 is 14.3 Å². The highest BCUT2D eigenvalue weighted by Gasteiger charge is 2.43. The minimum Gasteiger partial charge on any atom is -0.497 e. The first-order valence-corrected chi connectivity index (χ1v) is 5.66. The molecule has 0 bridgehead atoms. The van der Waals surface area contributed by atoms with Gasteiger partial charge in [-0.05, 0) is 30.7 Å². The summed E-state index contributed by atoms with van der Waals surface area (Å²) in [6.07, 6.45) is 0.770. The zero-order chi connectivity index (χ0) is 12.3. The number of carbonyl (C=O) groups is 1. The van der Waals surface area contributed by atoms with Gasteiger partial charge in [0.05, 0.1) is 14.2 Å². The first-order chi connectivity index (χ1) is 8.23. The smallest absolute Gasteiger partial charge is 0.317 e. The van der Waals surface area contributed by atoms with Crippen LogP contribution in [0.5, 0.6) is 5.75 Å². The predicted molar refractivity (Wildman–Crippen MR) is 64.2 cm³/mol. The van der Waals surface area contributed by atoms with Crippen LogP contribution in [0.15, 0.2) is 24.3 Å². The van der Waals surface area contributed by atoms with E-state index < -0.39 is 5.41 Å². The molecular formula is C13H17NO3. The first-order valence-electron chi connectivity index (χ1n) is 5.66.